The van der Waals surface area contributed by atoms with Crippen molar-refractivity contribution in [1.29, 1.82) is 0 Å². The third kappa shape index (κ3) is 3.98. The fraction of sp³-hybridized carbons (Fsp3) is 0.150. The standard InChI is InChI=1S/C20H20N4O3/c1-12-8-17(26-2)18(27-3)9-15(12)24-19-10-16(22-11-23-19)13-4-6-14(7-5-13)20(21)25/h4-11H,1-3H3,(H2,21,25)(H,22,23,24). The molecule has 0 aliphatic heterocycles. The van der Waals surface area contributed by atoms with Gasteiger partial charge in [-0.25, -0.2) is 9.97 Å². The van der Waals surface area contributed by atoms with E-state index >= 15 is 0 Å². The van der Waals surface area contributed by atoms with Crippen LogP contribution in [0.1, 0.15) is 15.9 Å². The number of benzene rings is 2. The molecular formula is C20H20N4O3. The fourth-order valence-electron chi connectivity index (χ4n) is 2.64. The highest BCUT2D eigenvalue weighted by atomic mass is 16.5. The van der Waals surface area contributed by atoms with Crippen molar-refractivity contribution in [2.24, 2.45) is 5.73 Å². The molecule has 0 aliphatic carbocycles. The molecule has 0 saturated heterocycles. The molecule has 1 aromatic heterocycles. The lowest BCUT2D eigenvalue weighted by atomic mass is 10.1. The topological polar surface area (TPSA) is 99.4 Å². The van der Waals surface area contributed by atoms with Crippen LogP contribution in [0.25, 0.3) is 11.3 Å². The molecule has 0 atom stereocenters. The van der Waals surface area contributed by atoms with Crippen molar-refractivity contribution in [3.63, 3.8) is 0 Å². The van der Waals surface area contributed by atoms with Crippen LogP contribution in [-0.2, 0) is 0 Å². The maximum atomic E-state index is 11.2. The Bertz CT molecular complexity index is 971. The van der Waals surface area contributed by atoms with Crippen LogP contribution in [-0.4, -0.2) is 30.1 Å². The molecule has 138 valence electrons. The fourth-order valence-corrected chi connectivity index (χ4v) is 2.64. The molecular weight excluding hydrogens is 344 g/mol. The van der Waals surface area contributed by atoms with E-state index in [4.69, 9.17) is 15.2 Å². The van der Waals surface area contributed by atoms with Gasteiger partial charge in [-0.15, -0.1) is 0 Å². The Balaban J connectivity index is 1.89. The number of carbonyl (C=O) groups excluding carboxylic acids is 1. The van der Waals surface area contributed by atoms with Crippen LogP contribution in [0, 0.1) is 6.92 Å². The van der Waals surface area contributed by atoms with Gasteiger partial charge in [-0.05, 0) is 30.7 Å². The number of primary amides is 1. The van der Waals surface area contributed by atoms with Gasteiger partial charge in [0.15, 0.2) is 11.5 Å². The van der Waals surface area contributed by atoms with Crippen molar-refractivity contribution in [3.8, 4) is 22.8 Å². The number of amides is 1. The van der Waals surface area contributed by atoms with Crippen molar-refractivity contribution in [2.45, 2.75) is 6.92 Å². The minimum atomic E-state index is -0.462. The Morgan fingerprint density at radius 1 is 1.00 bits per heavy atom. The highest BCUT2D eigenvalue weighted by molar-refractivity contribution is 5.93. The first-order valence-electron chi connectivity index (χ1n) is 8.23. The quantitative estimate of drug-likeness (QED) is 0.696. The summed E-state index contributed by atoms with van der Waals surface area (Å²) in [6.45, 7) is 1.97. The number of anilines is 2. The number of aryl methyl sites for hydroxylation is 1. The summed E-state index contributed by atoms with van der Waals surface area (Å²) in [5, 5.41) is 3.28. The molecule has 0 unspecified atom stereocenters. The summed E-state index contributed by atoms with van der Waals surface area (Å²) in [7, 11) is 3.19. The third-order valence-electron chi connectivity index (χ3n) is 4.13. The third-order valence-corrected chi connectivity index (χ3v) is 4.13. The van der Waals surface area contributed by atoms with Crippen LogP contribution >= 0.6 is 0 Å². The van der Waals surface area contributed by atoms with Crippen molar-refractivity contribution in [3.05, 3.63) is 59.9 Å². The van der Waals surface area contributed by atoms with E-state index in [2.05, 4.69) is 15.3 Å². The number of methoxy groups -OCH3 is 2. The molecule has 7 heteroatoms. The Labute approximate surface area is 157 Å². The summed E-state index contributed by atoms with van der Waals surface area (Å²) in [6.07, 6.45) is 1.48. The molecule has 1 amide bonds. The van der Waals surface area contributed by atoms with Gasteiger partial charge in [0, 0.05) is 28.9 Å². The number of nitrogens with two attached hydrogens (primary N) is 1. The van der Waals surface area contributed by atoms with Gasteiger partial charge in [-0.3, -0.25) is 4.79 Å². The van der Waals surface area contributed by atoms with Crippen LogP contribution in [0.2, 0.25) is 0 Å². The maximum absolute atomic E-state index is 11.2. The molecule has 0 aliphatic rings. The van der Waals surface area contributed by atoms with Crippen LogP contribution in [0.15, 0.2) is 48.8 Å². The second kappa shape index (κ2) is 7.74. The van der Waals surface area contributed by atoms with Crippen LogP contribution in [0.4, 0.5) is 11.5 Å². The Morgan fingerprint density at radius 2 is 1.67 bits per heavy atom. The largest absolute Gasteiger partial charge is 0.493 e. The second-order valence-electron chi connectivity index (χ2n) is 5.88. The van der Waals surface area contributed by atoms with Gasteiger partial charge in [0.1, 0.15) is 12.1 Å². The first kappa shape index (κ1) is 18.2. The number of rotatable bonds is 6. The van der Waals surface area contributed by atoms with E-state index in [9.17, 15) is 4.79 Å². The van der Waals surface area contributed by atoms with E-state index in [-0.39, 0.29) is 0 Å². The molecule has 0 fully saturated rings. The van der Waals surface area contributed by atoms with E-state index in [1.165, 1.54) is 6.33 Å². The predicted molar refractivity (Wildman–Crippen MR) is 104 cm³/mol. The lowest BCUT2D eigenvalue weighted by molar-refractivity contribution is 0.100. The summed E-state index contributed by atoms with van der Waals surface area (Å²) >= 11 is 0. The van der Waals surface area contributed by atoms with Gasteiger partial charge in [-0.1, -0.05) is 12.1 Å². The zero-order valence-electron chi connectivity index (χ0n) is 15.3. The average Bonchev–Trinajstić information content (AvgIpc) is 2.69. The first-order valence-corrected chi connectivity index (χ1v) is 8.23. The van der Waals surface area contributed by atoms with Crippen LogP contribution in [0.5, 0.6) is 11.5 Å². The zero-order chi connectivity index (χ0) is 19.4. The summed E-state index contributed by atoms with van der Waals surface area (Å²) < 4.78 is 10.7. The summed E-state index contributed by atoms with van der Waals surface area (Å²) in [5.74, 6) is 1.46. The van der Waals surface area contributed by atoms with Crippen molar-refractivity contribution in [1.82, 2.24) is 9.97 Å². The summed E-state index contributed by atoms with van der Waals surface area (Å²) in [4.78, 5) is 19.8. The number of aromatic nitrogens is 2. The van der Waals surface area contributed by atoms with Gasteiger partial charge in [0.05, 0.1) is 19.9 Å². The van der Waals surface area contributed by atoms with Crippen LogP contribution < -0.4 is 20.5 Å². The number of ether oxygens (including phenoxy) is 2. The number of hydrogen-bond donors (Lipinski definition) is 2. The first-order chi connectivity index (χ1) is 13.0. The van der Waals surface area contributed by atoms with Gasteiger partial charge in [-0.2, -0.15) is 0 Å². The average molecular weight is 364 g/mol. The summed E-state index contributed by atoms with van der Waals surface area (Å²) in [5.41, 5.74) is 9.14. The normalized spacial score (nSPS) is 10.3. The molecule has 27 heavy (non-hydrogen) atoms. The smallest absolute Gasteiger partial charge is 0.248 e. The molecule has 1 heterocycles. The minimum Gasteiger partial charge on any atom is -0.493 e. The van der Waals surface area contributed by atoms with Gasteiger partial charge in [0.25, 0.3) is 0 Å². The van der Waals surface area contributed by atoms with Crippen LogP contribution in [0.3, 0.4) is 0 Å². The number of carbonyl (C=O) groups is 1. The minimum absolute atomic E-state index is 0.451. The number of nitrogens with zero attached hydrogens (tertiary/aromatic N) is 2. The Kier molecular flexibility index (Phi) is 5.21. The van der Waals surface area contributed by atoms with E-state index < -0.39 is 5.91 Å². The molecule has 0 radical (unpaired) electrons. The lowest BCUT2D eigenvalue weighted by Gasteiger charge is -2.14. The lowest BCUT2D eigenvalue weighted by Crippen LogP contribution is -2.10. The predicted octanol–water partition coefficient (Wildman–Crippen LogP) is 3.31. The molecule has 3 aromatic rings. The Hall–Kier alpha value is -3.61. The van der Waals surface area contributed by atoms with E-state index in [1.54, 1.807) is 38.5 Å². The highest BCUT2D eigenvalue weighted by Crippen LogP contribution is 2.34. The number of nitrogens with one attached hydrogen (secondary N) is 1. The molecule has 0 saturated carbocycles. The molecule has 7 nitrogen and oxygen atoms in total. The molecule has 2 aromatic carbocycles. The van der Waals surface area contributed by atoms with Crippen molar-refractivity contribution < 1.29 is 14.3 Å². The van der Waals surface area contributed by atoms with Gasteiger partial charge in [0.2, 0.25) is 5.91 Å². The van der Waals surface area contributed by atoms with E-state index in [1.807, 2.05) is 25.1 Å². The van der Waals surface area contributed by atoms with E-state index in [0.29, 0.717) is 22.9 Å². The Morgan fingerprint density at radius 3 is 2.30 bits per heavy atom. The zero-order valence-corrected chi connectivity index (χ0v) is 15.3. The highest BCUT2D eigenvalue weighted by Gasteiger charge is 2.10. The van der Waals surface area contributed by atoms with E-state index in [0.717, 1.165) is 22.5 Å². The summed E-state index contributed by atoms with van der Waals surface area (Å²) in [6, 6.07) is 12.5. The van der Waals surface area contributed by atoms with Gasteiger partial charge < -0.3 is 20.5 Å². The van der Waals surface area contributed by atoms with Crippen molar-refractivity contribution in [2.75, 3.05) is 19.5 Å². The molecule has 0 bridgehead atoms. The molecule has 3 rings (SSSR count). The molecule has 0 spiro atoms. The van der Waals surface area contributed by atoms with Gasteiger partial charge >= 0.3 is 0 Å². The molecule has 3 N–H and O–H groups in total. The SMILES string of the molecule is COc1cc(C)c(Nc2cc(-c3ccc(C(N)=O)cc3)ncn2)cc1OC. The number of hydrogen-bond acceptors (Lipinski definition) is 6. The maximum Gasteiger partial charge on any atom is 0.248 e. The monoisotopic (exact) mass is 364 g/mol. The van der Waals surface area contributed by atoms with Crippen molar-refractivity contribution >= 4 is 17.4 Å². The second-order valence-corrected chi connectivity index (χ2v) is 5.88.